The number of allylic oxidation sites excluding steroid dienone is 3. The Morgan fingerprint density at radius 2 is 0.980 bits per heavy atom. The molecule has 0 heteroatoms. The molecule has 0 radical (unpaired) electrons. The Labute approximate surface area is 295 Å². The van der Waals surface area contributed by atoms with Gasteiger partial charge in [-0.05, 0) is 107 Å². The van der Waals surface area contributed by atoms with Gasteiger partial charge in [0.1, 0.15) is 0 Å². The van der Waals surface area contributed by atoms with Crippen LogP contribution in [0.2, 0.25) is 0 Å². The van der Waals surface area contributed by atoms with E-state index < -0.39 is 0 Å². The lowest BCUT2D eigenvalue weighted by atomic mass is 9.82. The Bertz CT molecular complexity index is 2110. The van der Waals surface area contributed by atoms with Gasteiger partial charge in [-0.25, -0.2) is 0 Å². The molecular weight excluding hydrogens is 589 g/mol. The van der Waals surface area contributed by atoms with Crippen LogP contribution in [0, 0.1) is 0 Å². The third-order valence-electron chi connectivity index (χ3n) is 8.95. The van der Waals surface area contributed by atoms with E-state index >= 15 is 0 Å². The van der Waals surface area contributed by atoms with Gasteiger partial charge in [-0.2, -0.15) is 0 Å². The summed E-state index contributed by atoms with van der Waals surface area (Å²) in [5.41, 5.74) is 13.1. The fraction of sp³-hybridized carbons (Fsp3) is 0.184. The van der Waals surface area contributed by atoms with Gasteiger partial charge in [0.15, 0.2) is 0 Å². The summed E-state index contributed by atoms with van der Waals surface area (Å²) in [6.07, 6.45) is 7.98. The Morgan fingerprint density at radius 1 is 0.531 bits per heavy atom. The maximum Gasteiger partial charge on any atom is -0.00264 e. The van der Waals surface area contributed by atoms with Crippen molar-refractivity contribution in [2.75, 3.05) is 0 Å². The van der Waals surface area contributed by atoms with Crippen LogP contribution in [0.5, 0.6) is 0 Å². The van der Waals surface area contributed by atoms with Gasteiger partial charge in [0.05, 0.1) is 0 Å². The first kappa shape index (κ1) is 36.6. The van der Waals surface area contributed by atoms with Gasteiger partial charge in [-0.1, -0.05) is 190 Å². The normalized spacial score (nSPS) is 11.2. The highest BCUT2D eigenvalue weighted by Gasteiger charge is 2.20. The molecule has 248 valence electrons. The van der Waals surface area contributed by atoms with Gasteiger partial charge in [-0.3, -0.25) is 0 Å². The van der Waals surface area contributed by atoms with Gasteiger partial charge >= 0.3 is 0 Å². The second-order valence-electron chi connectivity index (χ2n) is 12.7. The van der Waals surface area contributed by atoms with Gasteiger partial charge in [-0.15, -0.1) is 0 Å². The summed E-state index contributed by atoms with van der Waals surface area (Å²) in [4.78, 5) is 0. The number of hydrogen-bond donors (Lipinski definition) is 0. The van der Waals surface area contributed by atoms with E-state index in [-0.39, 0.29) is 5.41 Å². The van der Waals surface area contributed by atoms with Crippen LogP contribution in [0.15, 0.2) is 141 Å². The van der Waals surface area contributed by atoms with Crippen LogP contribution in [0.4, 0.5) is 0 Å². The Balaban J connectivity index is 0.00000130. The standard InChI is InChI=1S/C45H40.2C2H6/c1-8-30(9-2)31-16-18-32(19-17-31)34-20-21-36-29-37(23-22-35(36)28-34)44-40(11-4)39(10-3)43(41-14-12-13-15-42(41)44)33-24-26-38(27-25-33)45(5,6)7;2*1-2/h8-29H,1,3-4H2,2,5-7H3;2*1-2H3/b30-9+;;. The van der Waals surface area contributed by atoms with Crippen molar-refractivity contribution < 1.29 is 0 Å². The van der Waals surface area contributed by atoms with Crippen LogP contribution < -0.4 is 0 Å². The van der Waals surface area contributed by atoms with Crippen molar-refractivity contribution in [2.45, 2.75) is 60.8 Å². The van der Waals surface area contributed by atoms with Crippen molar-refractivity contribution in [1.82, 2.24) is 0 Å². The lowest BCUT2D eigenvalue weighted by Gasteiger charge is -2.22. The molecule has 0 aromatic heterocycles. The predicted molar refractivity (Wildman–Crippen MR) is 223 cm³/mol. The van der Waals surface area contributed by atoms with Gasteiger partial charge in [0.25, 0.3) is 0 Å². The van der Waals surface area contributed by atoms with Crippen LogP contribution in [-0.2, 0) is 5.41 Å². The van der Waals surface area contributed by atoms with E-state index in [0.29, 0.717) is 0 Å². The minimum atomic E-state index is 0.0984. The highest BCUT2D eigenvalue weighted by atomic mass is 14.2. The van der Waals surface area contributed by atoms with Crippen molar-refractivity contribution in [2.24, 2.45) is 0 Å². The van der Waals surface area contributed by atoms with Crippen LogP contribution in [-0.4, -0.2) is 0 Å². The van der Waals surface area contributed by atoms with Crippen molar-refractivity contribution >= 4 is 39.3 Å². The minimum Gasteiger partial charge on any atom is -0.0985 e. The van der Waals surface area contributed by atoms with E-state index in [2.05, 4.69) is 156 Å². The average molecular weight is 641 g/mol. The molecule has 0 aliphatic rings. The quantitative estimate of drug-likeness (QED) is 0.152. The molecule has 0 atom stereocenters. The van der Waals surface area contributed by atoms with E-state index in [9.17, 15) is 0 Å². The summed E-state index contributed by atoms with van der Waals surface area (Å²) < 4.78 is 0. The van der Waals surface area contributed by atoms with Gasteiger partial charge in [0.2, 0.25) is 0 Å². The molecule has 6 aromatic carbocycles. The molecule has 0 amide bonds. The second kappa shape index (κ2) is 16.3. The van der Waals surface area contributed by atoms with E-state index in [1.807, 2.05) is 52.8 Å². The molecule has 6 rings (SSSR count). The van der Waals surface area contributed by atoms with Crippen molar-refractivity contribution in [3.63, 3.8) is 0 Å². The number of rotatable bonds is 7. The zero-order valence-electron chi connectivity index (χ0n) is 30.8. The molecule has 0 aliphatic heterocycles. The highest BCUT2D eigenvalue weighted by Crippen LogP contribution is 2.44. The van der Waals surface area contributed by atoms with Gasteiger partial charge < -0.3 is 0 Å². The zero-order valence-corrected chi connectivity index (χ0v) is 30.8. The van der Waals surface area contributed by atoms with Crippen molar-refractivity contribution in [1.29, 1.82) is 0 Å². The molecule has 49 heavy (non-hydrogen) atoms. The summed E-state index contributed by atoms with van der Waals surface area (Å²) in [6.45, 7) is 29.3. The molecule has 0 unspecified atom stereocenters. The fourth-order valence-corrected chi connectivity index (χ4v) is 6.50. The molecular formula is C49H52. The third kappa shape index (κ3) is 7.45. The smallest absolute Gasteiger partial charge is 0.00264 e. The number of fused-ring (bicyclic) bond motifs is 2. The molecule has 0 heterocycles. The topological polar surface area (TPSA) is 0 Å². The van der Waals surface area contributed by atoms with Crippen LogP contribution >= 0.6 is 0 Å². The van der Waals surface area contributed by atoms with E-state index in [1.165, 1.54) is 66.1 Å². The minimum absolute atomic E-state index is 0.0984. The summed E-state index contributed by atoms with van der Waals surface area (Å²) in [5.74, 6) is 0. The molecule has 6 aromatic rings. The summed E-state index contributed by atoms with van der Waals surface area (Å²) >= 11 is 0. The Hall–Kier alpha value is -5.20. The van der Waals surface area contributed by atoms with E-state index in [1.54, 1.807) is 0 Å². The second-order valence-corrected chi connectivity index (χ2v) is 12.7. The molecule has 0 fully saturated rings. The fourth-order valence-electron chi connectivity index (χ4n) is 6.50. The molecule has 0 aliphatic carbocycles. The Morgan fingerprint density at radius 3 is 1.45 bits per heavy atom. The maximum atomic E-state index is 4.29. The van der Waals surface area contributed by atoms with Gasteiger partial charge in [0, 0.05) is 0 Å². The first-order chi connectivity index (χ1) is 23.8. The molecule has 0 spiro atoms. The molecule has 0 saturated carbocycles. The van der Waals surface area contributed by atoms with Crippen LogP contribution in [0.25, 0.3) is 72.7 Å². The van der Waals surface area contributed by atoms with E-state index in [4.69, 9.17) is 0 Å². The monoisotopic (exact) mass is 640 g/mol. The van der Waals surface area contributed by atoms with Crippen molar-refractivity contribution in [3.05, 3.63) is 163 Å². The largest absolute Gasteiger partial charge is 0.0985 e. The first-order valence-corrected chi connectivity index (χ1v) is 17.7. The summed E-state index contributed by atoms with van der Waals surface area (Å²) in [6, 6.07) is 40.0. The molecule has 0 bridgehead atoms. The molecule has 0 nitrogen and oxygen atoms in total. The number of benzene rings is 6. The van der Waals surface area contributed by atoms with Crippen LogP contribution in [0.3, 0.4) is 0 Å². The maximum absolute atomic E-state index is 4.29. The lowest BCUT2D eigenvalue weighted by molar-refractivity contribution is 0.590. The molecule has 0 N–H and O–H groups in total. The zero-order chi connectivity index (χ0) is 35.7. The summed E-state index contributed by atoms with van der Waals surface area (Å²) in [7, 11) is 0. The third-order valence-corrected chi connectivity index (χ3v) is 8.95. The van der Waals surface area contributed by atoms with Crippen LogP contribution in [0.1, 0.15) is 77.6 Å². The predicted octanol–water partition coefficient (Wildman–Crippen LogP) is 15.2. The summed E-state index contributed by atoms with van der Waals surface area (Å²) in [5, 5.41) is 4.85. The highest BCUT2D eigenvalue weighted by molar-refractivity contribution is 6.12. The average Bonchev–Trinajstić information content (AvgIpc) is 3.15. The lowest BCUT2D eigenvalue weighted by Crippen LogP contribution is -2.10. The SMILES string of the molecule is C=C/C(=C\C)c1ccc(-c2ccc3cc(-c4c(C=C)c(C=C)c(-c5ccc(C(C)(C)C)cc5)c5ccccc45)ccc3c2)cc1.CC.CC. The Kier molecular flexibility index (Phi) is 12.2. The van der Waals surface area contributed by atoms with Crippen molar-refractivity contribution in [3.8, 4) is 33.4 Å². The molecule has 0 saturated heterocycles. The van der Waals surface area contributed by atoms with E-state index in [0.717, 1.165) is 16.7 Å². The number of hydrogen-bond acceptors (Lipinski definition) is 0. The first-order valence-electron chi connectivity index (χ1n) is 17.7.